The number of nitrogens with one attached hydrogen (secondary N) is 1. The zero-order valence-corrected chi connectivity index (χ0v) is 10.0. The van der Waals surface area contributed by atoms with Crippen LogP contribution in [0.15, 0.2) is 24.5 Å². The molecule has 0 aliphatic carbocycles. The van der Waals surface area contributed by atoms with Gasteiger partial charge in [0, 0.05) is 19.3 Å². The van der Waals surface area contributed by atoms with Crippen LogP contribution in [0.2, 0.25) is 0 Å². The number of hydrogen-bond acceptors (Lipinski definition) is 6. The maximum atomic E-state index is 11.6. The highest BCUT2D eigenvalue weighted by atomic mass is 16.5. The van der Waals surface area contributed by atoms with E-state index in [2.05, 4.69) is 20.1 Å². The third kappa shape index (κ3) is 2.40. The second kappa shape index (κ2) is 4.74. The number of rotatable bonds is 3. The molecule has 2 aromatic rings. The first kappa shape index (κ1) is 11.9. The Morgan fingerprint density at radius 1 is 1.56 bits per heavy atom. The Labute approximate surface area is 104 Å². The summed E-state index contributed by atoms with van der Waals surface area (Å²) in [4.78, 5) is 15.7. The molecule has 0 aromatic carbocycles. The van der Waals surface area contributed by atoms with Crippen molar-refractivity contribution >= 4 is 23.3 Å². The van der Waals surface area contributed by atoms with Crippen LogP contribution < -0.4 is 11.1 Å². The Hall–Kier alpha value is -2.57. The summed E-state index contributed by atoms with van der Waals surface area (Å²) < 4.78 is 6.31. The van der Waals surface area contributed by atoms with Crippen LogP contribution in [-0.2, 0) is 11.8 Å². The number of nitrogen functional groups attached to an aromatic ring is 1. The van der Waals surface area contributed by atoms with E-state index in [9.17, 15) is 4.79 Å². The van der Waals surface area contributed by atoms with E-state index in [4.69, 9.17) is 5.73 Å². The molecule has 0 saturated carbocycles. The van der Waals surface area contributed by atoms with E-state index < -0.39 is 5.97 Å². The number of aromatic nitrogens is 3. The fourth-order valence-corrected chi connectivity index (χ4v) is 1.45. The molecule has 0 radical (unpaired) electrons. The van der Waals surface area contributed by atoms with E-state index in [0.717, 1.165) is 0 Å². The fourth-order valence-electron chi connectivity index (χ4n) is 1.45. The van der Waals surface area contributed by atoms with Crippen LogP contribution in [-0.4, -0.2) is 27.8 Å². The lowest BCUT2D eigenvalue weighted by molar-refractivity contribution is 0.0601. The van der Waals surface area contributed by atoms with E-state index in [1.807, 2.05) is 0 Å². The second-order valence-corrected chi connectivity index (χ2v) is 3.66. The van der Waals surface area contributed by atoms with Crippen molar-refractivity contribution in [1.29, 1.82) is 0 Å². The van der Waals surface area contributed by atoms with Gasteiger partial charge in [-0.25, -0.2) is 9.78 Å². The summed E-state index contributed by atoms with van der Waals surface area (Å²) in [6, 6.07) is 3.27. The van der Waals surface area contributed by atoms with Crippen molar-refractivity contribution in [1.82, 2.24) is 14.8 Å². The number of carbonyl (C=O) groups excluding carboxylic acids is 1. The summed E-state index contributed by atoms with van der Waals surface area (Å²) in [6.07, 6.45) is 3.23. The van der Waals surface area contributed by atoms with Gasteiger partial charge in [0.2, 0.25) is 0 Å². The minimum atomic E-state index is -0.506. The molecule has 0 bridgehead atoms. The number of nitrogens with zero attached hydrogens (tertiary/aromatic N) is 3. The summed E-state index contributed by atoms with van der Waals surface area (Å²) in [7, 11) is 3.10. The van der Waals surface area contributed by atoms with Crippen molar-refractivity contribution in [3.63, 3.8) is 0 Å². The molecule has 0 aliphatic rings. The Morgan fingerprint density at radius 2 is 2.33 bits per heavy atom. The second-order valence-electron chi connectivity index (χ2n) is 3.66. The van der Waals surface area contributed by atoms with Gasteiger partial charge in [0.15, 0.2) is 5.82 Å². The number of carbonyl (C=O) groups is 1. The van der Waals surface area contributed by atoms with Crippen LogP contribution in [0, 0.1) is 0 Å². The molecule has 18 heavy (non-hydrogen) atoms. The average molecular weight is 247 g/mol. The van der Waals surface area contributed by atoms with Crippen LogP contribution >= 0.6 is 0 Å². The lowest BCUT2D eigenvalue weighted by Crippen LogP contribution is -2.08. The molecule has 0 fully saturated rings. The molecular formula is C11H13N5O2. The predicted octanol–water partition coefficient (Wildman–Crippen LogP) is 0.927. The number of hydrogen-bond donors (Lipinski definition) is 2. The molecule has 2 heterocycles. The van der Waals surface area contributed by atoms with Gasteiger partial charge < -0.3 is 15.8 Å². The molecule has 3 N–H and O–H groups in total. The normalized spacial score (nSPS) is 10.1. The van der Waals surface area contributed by atoms with Crippen molar-refractivity contribution < 1.29 is 9.53 Å². The van der Waals surface area contributed by atoms with Gasteiger partial charge >= 0.3 is 5.97 Å². The van der Waals surface area contributed by atoms with Crippen molar-refractivity contribution in [2.24, 2.45) is 7.05 Å². The monoisotopic (exact) mass is 247 g/mol. The van der Waals surface area contributed by atoms with Crippen LogP contribution in [0.25, 0.3) is 0 Å². The topological polar surface area (TPSA) is 95.1 Å². The number of anilines is 3. The third-order valence-electron chi connectivity index (χ3n) is 2.27. The molecule has 2 rings (SSSR count). The van der Waals surface area contributed by atoms with Crippen molar-refractivity contribution in [3.8, 4) is 0 Å². The number of pyridine rings is 1. The molecule has 0 atom stereocenters. The minimum Gasteiger partial charge on any atom is -0.465 e. The van der Waals surface area contributed by atoms with Gasteiger partial charge in [-0.3, -0.25) is 4.68 Å². The molecule has 7 nitrogen and oxygen atoms in total. The summed E-state index contributed by atoms with van der Waals surface area (Å²) in [6.45, 7) is 0. The highest BCUT2D eigenvalue weighted by molar-refractivity contribution is 5.96. The van der Waals surface area contributed by atoms with E-state index in [1.165, 1.54) is 19.4 Å². The van der Waals surface area contributed by atoms with Crippen LogP contribution in [0.1, 0.15) is 10.4 Å². The van der Waals surface area contributed by atoms with Crippen molar-refractivity contribution in [2.45, 2.75) is 0 Å². The summed E-state index contributed by atoms with van der Waals surface area (Å²) in [5, 5.41) is 7.07. The molecule has 0 saturated heterocycles. The third-order valence-corrected chi connectivity index (χ3v) is 2.27. The Kier molecular flexibility index (Phi) is 3.13. The zero-order valence-electron chi connectivity index (χ0n) is 10.0. The first-order valence-corrected chi connectivity index (χ1v) is 5.20. The molecule has 2 aromatic heterocycles. The lowest BCUT2D eigenvalue weighted by Gasteiger charge is -2.08. The SMILES string of the molecule is COC(=O)c1cc(N)cnc1Nc1ccn(C)n1. The van der Waals surface area contributed by atoms with Gasteiger partial charge in [0.1, 0.15) is 11.4 Å². The maximum absolute atomic E-state index is 11.6. The van der Waals surface area contributed by atoms with Crippen molar-refractivity contribution in [2.75, 3.05) is 18.2 Å². The van der Waals surface area contributed by atoms with Gasteiger partial charge in [-0.15, -0.1) is 0 Å². The fraction of sp³-hybridized carbons (Fsp3) is 0.182. The molecule has 0 amide bonds. The van der Waals surface area contributed by atoms with Gasteiger partial charge in [-0.1, -0.05) is 0 Å². The molecular weight excluding hydrogens is 234 g/mol. The number of methoxy groups -OCH3 is 1. The van der Waals surface area contributed by atoms with Crippen molar-refractivity contribution in [3.05, 3.63) is 30.1 Å². The average Bonchev–Trinajstić information content (AvgIpc) is 2.76. The quantitative estimate of drug-likeness (QED) is 0.783. The predicted molar refractivity (Wildman–Crippen MR) is 66.5 cm³/mol. The number of esters is 1. The summed E-state index contributed by atoms with van der Waals surface area (Å²) in [5.41, 5.74) is 6.26. The van der Waals surface area contributed by atoms with Crippen LogP contribution in [0.3, 0.4) is 0 Å². The van der Waals surface area contributed by atoms with E-state index in [0.29, 0.717) is 17.3 Å². The van der Waals surface area contributed by atoms with Gasteiger partial charge in [0.05, 0.1) is 19.0 Å². The molecule has 7 heteroatoms. The molecule has 0 aliphatic heterocycles. The summed E-state index contributed by atoms with van der Waals surface area (Å²) in [5.74, 6) is 0.433. The number of nitrogens with two attached hydrogens (primary N) is 1. The number of aryl methyl sites for hydroxylation is 1. The first-order valence-electron chi connectivity index (χ1n) is 5.20. The number of ether oxygens (including phenoxy) is 1. The Balaban J connectivity index is 2.35. The minimum absolute atomic E-state index is 0.267. The Bertz CT molecular complexity index is 579. The standard InChI is InChI=1S/C11H13N5O2/c1-16-4-3-9(15-16)14-10-8(11(17)18-2)5-7(12)6-13-10/h3-6H,12H2,1-2H3,(H,13,14,15). The first-order chi connectivity index (χ1) is 8.60. The smallest absolute Gasteiger partial charge is 0.341 e. The van der Waals surface area contributed by atoms with Gasteiger partial charge in [-0.05, 0) is 6.07 Å². The highest BCUT2D eigenvalue weighted by Crippen LogP contribution is 2.20. The van der Waals surface area contributed by atoms with E-state index in [1.54, 1.807) is 24.0 Å². The molecule has 0 unspecified atom stereocenters. The largest absolute Gasteiger partial charge is 0.465 e. The molecule has 0 spiro atoms. The maximum Gasteiger partial charge on any atom is 0.341 e. The zero-order chi connectivity index (χ0) is 13.1. The van der Waals surface area contributed by atoms with E-state index >= 15 is 0 Å². The van der Waals surface area contributed by atoms with E-state index in [-0.39, 0.29) is 5.56 Å². The summed E-state index contributed by atoms with van der Waals surface area (Å²) >= 11 is 0. The Morgan fingerprint density at radius 3 is 2.94 bits per heavy atom. The highest BCUT2D eigenvalue weighted by Gasteiger charge is 2.14. The lowest BCUT2D eigenvalue weighted by atomic mass is 10.2. The van der Waals surface area contributed by atoms with Gasteiger partial charge in [0.25, 0.3) is 0 Å². The van der Waals surface area contributed by atoms with Gasteiger partial charge in [-0.2, -0.15) is 5.10 Å². The van der Waals surface area contributed by atoms with Crippen LogP contribution in [0.5, 0.6) is 0 Å². The van der Waals surface area contributed by atoms with Crippen LogP contribution in [0.4, 0.5) is 17.3 Å². The molecule has 94 valence electrons.